The van der Waals surface area contributed by atoms with Crippen LogP contribution in [0.4, 0.5) is 0 Å². The van der Waals surface area contributed by atoms with Crippen molar-refractivity contribution in [2.45, 2.75) is 49.9 Å². The van der Waals surface area contributed by atoms with Crippen LogP contribution in [0.25, 0.3) is 0 Å². The number of aromatic nitrogens is 2. The Balaban J connectivity index is 1.66. The van der Waals surface area contributed by atoms with Gasteiger partial charge in [-0.15, -0.1) is 0 Å². The third-order valence-electron chi connectivity index (χ3n) is 6.65. The lowest BCUT2D eigenvalue weighted by atomic mass is 10.1. The van der Waals surface area contributed by atoms with Crippen LogP contribution in [0.1, 0.15) is 40.0 Å². The summed E-state index contributed by atoms with van der Waals surface area (Å²) in [5.74, 6) is 0.231. The van der Waals surface area contributed by atoms with Gasteiger partial charge in [-0.3, -0.25) is 4.79 Å². The molecule has 10 heteroatoms. The van der Waals surface area contributed by atoms with Crippen LogP contribution in [-0.4, -0.2) is 68.9 Å². The van der Waals surface area contributed by atoms with Crippen LogP contribution >= 0.6 is 0 Å². The van der Waals surface area contributed by atoms with E-state index >= 15 is 0 Å². The van der Waals surface area contributed by atoms with Crippen molar-refractivity contribution in [1.82, 2.24) is 14.5 Å². The van der Waals surface area contributed by atoms with Crippen molar-refractivity contribution in [2.24, 2.45) is 0 Å². The van der Waals surface area contributed by atoms with Crippen LogP contribution in [0.15, 0.2) is 59.9 Å². The van der Waals surface area contributed by atoms with Crippen LogP contribution in [0.5, 0.6) is 5.75 Å². The number of carbonyl (C=O) groups is 1. The van der Waals surface area contributed by atoms with Gasteiger partial charge in [-0.1, -0.05) is 30.3 Å². The monoisotopic (exact) mass is 541 g/mol. The summed E-state index contributed by atoms with van der Waals surface area (Å²) in [4.78, 5) is 19.7. The maximum atomic E-state index is 13.7. The standard InChI is InChI=1S/C28H35N3O6S/c1-21-8-4-5-12-26(21)27(32)30(19-25-11-7-14-37-25)18-23-17-29-28(31(23)13-15-35-2)38(33,34)20-22-9-6-10-24(16-22)36-3/h4-6,8-10,12,16-17,25H,7,11,13-15,18-20H2,1-3H3. The van der Waals surface area contributed by atoms with E-state index in [1.165, 1.54) is 7.11 Å². The zero-order chi connectivity index (χ0) is 27.1. The third-order valence-corrected chi connectivity index (χ3v) is 8.25. The Labute approximate surface area is 224 Å². The maximum absolute atomic E-state index is 13.7. The molecule has 1 fully saturated rings. The summed E-state index contributed by atoms with van der Waals surface area (Å²) in [6, 6.07) is 14.4. The number of amides is 1. The number of nitrogens with zero attached hydrogens (tertiary/aromatic N) is 3. The Morgan fingerprint density at radius 3 is 2.71 bits per heavy atom. The number of sulfone groups is 1. The van der Waals surface area contributed by atoms with E-state index in [0.717, 1.165) is 18.4 Å². The Morgan fingerprint density at radius 1 is 1.18 bits per heavy atom. The second kappa shape index (κ2) is 12.6. The Kier molecular flexibility index (Phi) is 9.19. The van der Waals surface area contributed by atoms with Gasteiger partial charge in [-0.25, -0.2) is 13.4 Å². The number of benzene rings is 2. The number of ether oxygens (including phenoxy) is 3. The molecule has 0 saturated carbocycles. The second-order valence-electron chi connectivity index (χ2n) is 9.42. The van der Waals surface area contributed by atoms with Gasteiger partial charge >= 0.3 is 0 Å². The van der Waals surface area contributed by atoms with Crippen LogP contribution in [0, 0.1) is 6.92 Å². The molecule has 9 nitrogen and oxygen atoms in total. The van der Waals surface area contributed by atoms with Crippen LogP contribution in [-0.2, 0) is 38.2 Å². The number of imidazole rings is 1. The summed E-state index contributed by atoms with van der Waals surface area (Å²) in [5, 5.41) is -0.0484. The molecule has 0 bridgehead atoms. The summed E-state index contributed by atoms with van der Waals surface area (Å²) in [5.41, 5.74) is 2.71. The number of aryl methyl sites for hydroxylation is 1. The first-order valence-electron chi connectivity index (χ1n) is 12.7. The first kappa shape index (κ1) is 27.8. The molecule has 0 N–H and O–H groups in total. The Hall–Kier alpha value is -3.21. The molecule has 1 amide bonds. The average molecular weight is 542 g/mol. The number of rotatable bonds is 12. The van der Waals surface area contributed by atoms with E-state index in [0.29, 0.717) is 42.3 Å². The van der Waals surface area contributed by atoms with Gasteiger partial charge in [0.2, 0.25) is 15.0 Å². The zero-order valence-electron chi connectivity index (χ0n) is 22.1. The highest BCUT2D eigenvalue weighted by atomic mass is 32.2. The lowest BCUT2D eigenvalue weighted by Crippen LogP contribution is -2.38. The van der Waals surface area contributed by atoms with E-state index in [1.807, 2.05) is 31.2 Å². The second-order valence-corrected chi connectivity index (χ2v) is 11.3. The highest BCUT2D eigenvalue weighted by Crippen LogP contribution is 2.23. The van der Waals surface area contributed by atoms with Gasteiger partial charge in [0.1, 0.15) is 5.75 Å². The molecule has 2 aromatic carbocycles. The molecule has 204 valence electrons. The highest BCUT2D eigenvalue weighted by molar-refractivity contribution is 7.90. The Morgan fingerprint density at radius 2 is 2.00 bits per heavy atom. The van der Waals surface area contributed by atoms with Crippen LogP contribution in [0.2, 0.25) is 0 Å². The first-order valence-corrected chi connectivity index (χ1v) is 14.3. The van der Waals surface area contributed by atoms with Gasteiger partial charge in [0, 0.05) is 32.4 Å². The van der Waals surface area contributed by atoms with E-state index in [4.69, 9.17) is 14.2 Å². The van der Waals surface area contributed by atoms with Gasteiger partial charge in [0.05, 0.1) is 44.0 Å². The highest BCUT2D eigenvalue weighted by Gasteiger charge is 2.28. The van der Waals surface area contributed by atoms with E-state index < -0.39 is 9.84 Å². The SMILES string of the molecule is COCCn1c(CN(CC2CCCO2)C(=O)c2ccccc2C)cnc1S(=O)(=O)Cc1cccc(OC)c1. The molecule has 3 aromatic rings. The molecular formula is C28H35N3O6S. The van der Waals surface area contributed by atoms with Gasteiger partial charge in [0.15, 0.2) is 0 Å². The minimum Gasteiger partial charge on any atom is -0.497 e. The summed E-state index contributed by atoms with van der Waals surface area (Å²) in [7, 11) is -0.702. The topological polar surface area (TPSA) is 100.0 Å². The summed E-state index contributed by atoms with van der Waals surface area (Å²) >= 11 is 0. The molecule has 38 heavy (non-hydrogen) atoms. The van der Waals surface area contributed by atoms with E-state index in [2.05, 4.69) is 4.98 Å². The molecule has 1 unspecified atom stereocenters. The quantitative estimate of drug-likeness (QED) is 0.345. The first-order chi connectivity index (χ1) is 18.3. The molecular weight excluding hydrogens is 506 g/mol. The smallest absolute Gasteiger partial charge is 0.254 e. The lowest BCUT2D eigenvalue weighted by Gasteiger charge is -2.27. The lowest BCUT2D eigenvalue weighted by molar-refractivity contribution is 0.0500. The molecule has 0 spiro atoms. The molecule has 1 atom stereocenters. The molecule has 1 aromatic heterocycles. The van der Waals surface area contributed by atoms with Gasteiger partial charge in [-0.2, -0.15) is 0 Å². The number of methoxy groups -OCH3 is 2. The van der Waals surface area contributed by atoms with Crippen molar-refractivity contribution in [3.05, 3.63) is 77.1 Å². The number of hydrogen-bond acceptors (Lipinski definition) is 7. The van der Waals surface area contributed by atoms with Gasteiger partial charge in [0.25, 0.3) is 5.91 Å². The molecule has 1 saturated heterocycles. The van der Waals surface area contributed by atoms with Crippen molar-refractivity contribution < 1.29 is 27.4 Å². The van der Waals surface area contributed by atoms with Crippen molar-refractivity contribution >= 4 is 15.7 Å². The van der Waals surface area contributed by atoms with Crippen molar-refractivity contribution in [3.8, 4) is 5.75 Å². The molecule has 1 aliphatic rings. The van der Waals surface area contributed by atoms with Gasteiger partial charge in [-0.05, 0) is 49.1 Å². The minimum absolute atomic E-state index is 0.0484. The maximum Gasteiger partial charge on any atom is 0.254 e. The van der Waals surface area contributed by atoms with E-state index in [9.17, 15) is 13.2 Å². The third kappa shape index (κ3) is 6.61. The predicted octanol–water partition coefficient (Wildman–Crippen LogP) is 3.64. The molecule has 1 aliphatic heterocycles. The van der Waals surface area contributed by atoms with Crippen molar-refractivity contribution in [3.63, 3.8) is 0 Å². The van der Waals surface area contributed by atoms with Crippen molar-refractivity contribution in [1.29, 1.82) is 0 Å². The Bertz CT molecular complexity index is 1350. The molecule has 2 heterocycles. The minimum atomic E-state index is -3.80. The molecule has 4 rings (SSSR count). The van der Waals surface area contributed by atoms with E-state index in [1.54, 1.807) is 47.0 Å². The largest absolute Gasteiger partial charge is 0.497 e. The van der Waals surface area contributed by atoms with Crippen LogP contribution in [0.3, 0.4) is 0 Å². The molecule has 0 aliphatic carbocycles. The normalized spacial score (nSPS) is 15.5. The molecule has 0 radical (unpaired) electrons. The van der Waals surface area contributed by atoms with Crippen LogP contribution < -0.4 is 4.74 Å². The van der Waals surface area contributed by atoms with Crippen molar-refractivity contribution in [2.75, 3.05) is 34.0 Å². The average Bonchev–Trinajstić information content (AvgIpc) is 3.57. The number of hydrogen-bond donors (Lipinski definition) is 0. The number of carbonyl (C=O) groups excluding carboxylic acids is 1. The fourth-order valence-corrected chi connectivity index (χ4v) is 6.17. The zero-order valence-corrected chi connectivity index (χ0v) is 22.9. The van der Waals surface area contributed by atoms with E-state index in [-0.39, 0.29) is 36.0 Å². The van der Waals surface area contributed by atoms with Gasteiger partial charge < -0.3 is 23.7 Å². The summed E-state index contributed by atoms with van der Waals surface area (Å²) in [6.07, 6.45) is 3.31. The summed E-state index contributed by atoms with van der Waals surface area (Å²) < 4.78 is 45.0. The summed E-state index contributed by atoms with van der Waals surface area (Å²) in [6.45, 7) is 3.76. The fourth-order valence-electron chi connectivity index (χ4n) is 4.67. The predicted molar refractivity (Wildman–Crippen MR) is 143 cm³/mol. The fraction of sp³-hybridized carbons (Fsp3) is 0.429.